The Hall–Kier alpha value is -1.73. The molecule has 2 heterocycles. The SMILES string of the molecule is CC(/C(N)=N/O)N1CCN(C(=O)c2ccc(Cl)o2)CC1. The summed E-state index contributed by atoms with van der Waals surface area (Å²) >= 11 is 5.66. The van der Waals surface area contributed by atoms with Crippen LogP contribution < -0.4 is 5.73 Å². The van der Waals surface area contributed by atoms with E-state index in [2.05, 4.69) is 5.16 Å². The van der Waals surface area contributed by atoms with E-state index in [1.807, 2.05) is 11.8 Å². The second kappa shape index (κ2) is 6.15. The van der Waals surface area contributed by atoms with Gasteiger partial charge in [-0.05, 0) is 30.7 Å². The highest BCUT2D eigenvalue weighted by Gasteiger charge is 2.27. The van der Waals surface area contributed by atoms with Gasteiger partial charge in [0, 0.05) is 26.2 Å². The van der Waals surface area contributed by atoms with Crippen molar-refractivity contribution in [2.24, 2.45) is 10.9 Å². The van der Waals surface area contributed by atoms with Gasteiger partial charge in [0.1, 0.15) is 0 Å². The molecule has 20 heavy (non-hydrogen) atoms. The van der Waals surface area contributed by atoms with Gasteiger partial charge < -0.3 is 20.3 Å². The molecule has 1 aromatic rings. The summed E-state index contributed by atoms with van der Waals surface area (Å²) < 4.78 is 5.12. The molecular weight excluding hydrogens is 284 g/mol. The Morgan fingerprint density at radius 2 is 2.10 bits per heavy atom. The summed E-state index contributed by atoms with van der Waals surface area (Å²) in [5, 5.41) is 11.9. The van der Waals surface area contributed by atoms with E-state index >= 15 is 0 Å². The third-order valence-corrected chi connectivity index (χ3v) is 3.68. The Morgan fingerprint density at radius 3 is 2.60 bits per heavy atom. The molecule has 1 aromatic heterocycles. The van der Waals surface area contributed by atoms with Gasteiger partial charge in [-0.25, -0.2) is 0 Å². The number of nitrogens with zero attached hydrogens (tertiary/aromatic N) is 3. The van der Waals surface area contributed by atoms with Gasteiger partial charge in [0.05, 0.1) is 6.04 Å². The number of oxime groups is 1. The van der Waals surface area contributed by atoms with Gasteiger partial charge >= 0.3 is 0 Å². The first-order valence-corrected chi connectivity index (χ1v) is 6.67. The molecule has 1 aliphatic heterocycles. The predicted octanol–water partition coefficient (Wildman–Crippen LogP) is 0.826. The lowest BCUT2D eigenvalue weighted by Gasteiger charge is -2.37. The molecule has 1 fully saturated rings. The quantitative estimate of drug-likeness (QED) is 0.373. The maximum Gasteiger partial charge on any atom is 0.289 e. The van der Waals surface area contributed by atoms with Crippen molar-refractivity contribution in [2.45, 2.75) is 13.0 Å². The zero-order valence-corrected chi connectivity index (χ0v) is 11.9. The number of furan rings is 1. The maximum atomic E-state index is 12.1. The molecule has 0 spiro atoms. The molecule has 0 aromatic carbocycles. The van der Waals surface area contributed by atoms with Crippen LogP contribution in [0.1, 0.15) is 17.5 Å². The van der Waals surface area contributed by atoms with Crippen LogP contribution in [0.25, 0.3) is 0 Å². The topological polar surface area (TPSA) is 95.3 Å². The molecule has 2 rings (SSSR count). The van der Waals surface area contributed by atoms with Crippen LogP contribution >= 0.6 is 11.6 Å². The third-order valence-electron chi connectivity index (χ3n) is 3.48. The lowest BCUT2D eigenvalue weighted by Crippen LogP contribution is -2.54. The van der Waals surface area contributed by atoms with E-state index in [1.165, 1.54) is 0 Å². The average molecular weight is 301 g/mol. The van der Waals surface area contributed by atoms with Gasteiger partial charge in [-0.15, -0.1) is 0 Å². The van der Waals surface area contributed by atoms with Gasteiger partial charge in [0.15, 0.2) is 16.8 Å². The summed E-state index contributed by atoms with van der Waals surface area (Å²) in [6, 6.07) is 2.96. The zero-order valence-electron chi connectivity index (χ0n) is 11.1. The van der Waals surface area contributed by atoms with Crippen LogP contribution in [-0.2, 0) is 0 Å². The summed E-state index contributed by atoms with van der Waals surface area (Å²) in [6.07, 6.45) is 0. The van der Waals surface area contributed by atoms with E-state index < -0.39 is 0 Å². The summed E-state index contributed by atoms with van der Waals surface area (Å²) in [7, 11) is 0. The monoisotopic (exact) mass is 300 g/mol. The maximum absolute atomic E-state index is 12.1. The van der Waals surface area contributed by atoms with Crippen LogP contribution in [0.2, 0.25) is 5.22 Å². The Kier molecular flexibility index (Phi) is 4.51. The van der Waals surface area contributed by atoms with Crippen LogP contribution in [-0.4, -0.2) is 59.0 Å². The van der Waals surface area contributed by atoms with Gasteiger partial charge in [-0.2, -0.15) is 0 Å². The Bertz CT molecular complexity index is 509. The van der Waals surface area contributed by atoms with Crippen LogP contribution in [0.3, 0.4) is 0 Å². The van der Waals surface area contributed by atoms with Crippen molar-refractivity contribution in [3.63, 3.8) is 0 Å². The van der Waals surface area contributed by atoms with Crippen LogP contribution in [0.4, 0.5) is 0 Å². The average Bonchev–Trinajstić information content (AvgIpc) is 2.91. The number of carbonyl (C=O) groups is 1. The molecule has 1 saturated heterocycles. The zero-order chi connectivity index (χ0) is 14.7. The van der Waals surface area contributed by atoms with Crippen LogP contribution in [0.5, 0.6) is 0 Å². The number of amidine groups is 1. The molecule has 8 heteroatoms. The van der Waals surface area contributed by atoms with Crippen molar-refractivity contribution in [2.75, 3.05) is 26.2 Å². The minimum atomic E-state index is -0.173. The Labute approximate surface area is 121 Å². The lowest BCUT2D eigenvalue weighted by molar-refractivity contribution is 0.0589. The number of rotatable bonds is 3. The van der Waals surface area contributed by atoms with Crippen LogP contribution in [0, 0.1) is 0 Å². The summed E-state index contributed by atoms with van der Waals surface area (Å²) in [5.41, 5.74) is 5.58. The predicted molar refractivity (Wildman–Crippen MR) is 74.1 cm³/mol. The standard InChI is InChI=1S/C12H17ClN4O3/c1-8(11(14)15-19)16-4-6-17(7-5-16)12(18)9-2-3-10(13)20-9/h2-3,8,19H,4-7H2,1H3,(H2,14,15). The number of halogens is 1. The summed E-state index contributed by atoms with van der Waals surface area (Å²) in [4.78, 5) is 15.9. The van der Waals surface area contributed by atoms with Crippen LogP contribution in [0.15, 0.2) is 21.7 Å². The molecule has 1 amide bonds. The summed E-state index contributed by atoms with van der Waals surface area (Å²) in [6.45, 7) is 4.27. The fraction of sp³-hybridized carbons (Fsp3) is 0.500. The first-order chi connectivity index (χ1) is 9.52. The molecule has 110 valence electrons. The molecule has 0 saturated carbocycles. The fourth-order valence-electron chi connectivity index (χ4n) is 2.17. The normalized spacial score (nSPS) is 19.1. The van der Waals surface area contributed by atoms with E-state index in [1.54, 1.807) is 17.0 Å². The Balaban J connectivity index is 1.93. The molecule has 1 atom stereocenters. The van der Waals surface area contributed by atoms with E-state index in [9.17, 15) is 4.79 Å². The second-order valence-corrected chi connectivity index (χ2v) is 5.01. The highest BCUT2D eigenvalue weighted by atomic mass is 35.5. The molecular formula is C12H17ClN4O3. The number of hydrogen-bond donors (Lipinski definition) is 2. The van der Waals surface area contributed by atoms with Gasteiger partial charge in [0.2, 0.25) is 0 Å². The number of carbonyl (C=O) groups excluding carboxylic acids is 1. The van der Waals surface area contributed by atoms with E-state index in [-0.39, 0.29) is 28.8 Å². The number of piperazine rings is 1. The van der Waals surface area contributed by atoms with Gasteiger partial charge in [-0.3, -0.25) is 9.69 Å². The highest BCUT2D eigenvalue weighted by molar-refractivity contribution is 6.29. The molecule has 0 radical (unpaired) electrons. The van der Waals surface area contributed by atoms with E-state index in [0.29, 0.717) is 26.2 Å². The highest BCUT2D eigenvalue weighted by Crippen LogP contribution is 2.16. The second-order valence-electron chi connectivity index (χ2n) is 4.63. The summed E-state index contributed by atoms with van der Waals surface area (Å²) in [5.74, 6) is 0.239. The smallest absolute Gasteiger partial charge is 0.289 e. The number of nitrogens with two attached hydrogens (primary N) is 1. The van der Waals surface area contributed by atoms with Gasteiger partial charge in [0.25, 0.3) is 5.91 Å². The third kappa shape index (κ3) is 3.05. The molecule has 1 unspecified atom stereocenters. The number of amides is 1. The first kappa shape index (κ1) is 14.7. The van der Waals surface area contributed by atoms with Crippen molar-refractivity contribution >= 4 is 23.3 Å². The molecule has 7 nitrogen and oxygen atoms in total. The van der Waals surface area contributed by atoms with Crippen molar-refractivity contribution in [1.29, 1.82) is 0 Å². The largest absolute Gasteiger partial charge is 0.440 e. The van der Waals surface area contributed by atoms with Crippen molar-refractivity contribution in [1.82, 2.24) is 9.80 Å². The minimum Gasteiger partial charge on any atom is -0.440 e. The van der Waals surface area contributed by atoms with Gasteiger partial charge in [-0.1, -0.05) is 5.16 Å². The fourth-order valence-corrected chi connectivity index (χ4v) is 2.31. The molecule has 3 N–H and O–H groups in total. The molecule has 0 bridgehead atoms. The first-order valence-electron chi connectivity index (χ1n) is 6.29. The van der Waals surface area contributed by atoms with Crippen molar-refractivity contribution in [3.8, 4) is 0 Å². The molecule has 0 aliphatic carbocycles. The van der Waals surface area contributed by atoms with E-state index in [4.69, 9.17) is 27.0 Å². The number of hydrogen-bond acceptors (Lipinski definition) is 5. The van der Waals surface area contributed by atoms with Crippen molar-refractivity contribution in [3.05, 3.63) is 23.1 Å². The molecule has 1 aliphatic rings. The minimum absolute atomic E-state index is 0.157. The Morgan fingerprint density at radius 1 is 1.45 bits per heavy atom. The van der Waals surface area contributed by atoms with Crippen molar-refractivity contribution < 1.29 is 14.4 Å². The van der Waals surface area contributed by atoms with E-state index in [0.717, 1.165) is 0 Å². The lowest BCUT2D eigenvalue weighted by atomic mass is 10.2.